The van der Waals surface area contributed by atoms with Crippen LogP contribution in [0.15, 0.2) is 29.2 Å². The zero-order chi connectivity index (χ0) is 15.5. The molecule has 0 heterocycles. The Morgan fingerprint density at radius 3 is 2.10 bits per heavy atom. The Labute approximate surface area is 117 Å². The van der Waals surface area contributed by atoms with Gasteiger partial charge in [-0.25, -0.2) is 0 Å². The summed E-state index contributed by atoms with van der Waals surface area (Å²) >= 11 is 0. The molecule has 0 saturated carbocycles. The fourth-order valence-electron chi connectivity index (χ4n) is 1.56. The third-order valence-electron chi connectivity index (χ3n) is 2.82. The first-order valence-corrected chi connectivity index (χ1v) is 7.22. The van der Waals surface area contributed by atoms with Gasteiger partial charge in [0.05, 0.1) is 16.6 Å². The first kappa shape index (κ1) is 16.7. The number of carboxylic acids is 1. The Balaban J connectivity index is 2.87. The monoisotopic (exact) mass is 308 g/mol. The van der Waals surface area contributed by atoms with Crippen LogP contribution in [0.1, 0.15) is 25.3 Å². The molecular weight excluding hydrogens is 293 g/mol. The molecule has 2 unspecified atom stereocenters. The Hall–Kier alpha value is -1.37. The number of hydrogen-bond donors (Lipinski definition) is 1. The molecule has 1 N–H and O–H groups in total. The van der Waals surface area contributed by atoms with Crippen LogP contribution in [0.5, 0.6) is 0 Å². The Morgan fingerprint density at radius 2 is 1.75 bits per heavy atom. The maximum absolute atomic E-state index is 12.5. The van der Waals surface area contributed by atoms with Crippen molar-refractivity contribution in [2.75, 3.05) is 5.75 Å². The van der Waals surface area contributed by atoms with Crippen molar-refractivity contribution < 1.29 is 27.3 Å². The molecule has 1 aromatic rings. The van der Waals surface area contributed by atoms with Crippen LogP contribution in [-0.2, 0) is 15.6 Å². The van der Waals surface area contributed by atoms with Gasteiger partial charge in [-0.2, -0.15) is 13.2 Å². The predicted molar refractivity (Wildman–Crippen MR) is 69.0 cm³/mol. The molecule has 0 aliphatic rings. The average molecular weight is 308 g/mol. The third kappa shape index (κ3) is 4.33. The molecule has 0 aliphatic carbocycles. The van der Waals surface area contributed by atoms with Crippen LogP contribution in [-0.4, -0.2) is 27.2 Å². The van der Waals surface area contributed by atoms with E-state index >= 15 is 0 Å². The first-order valence-electron chi connectivity index (χ1n) is 5.90. The zero-order valence-corrected chi connectivity index (χ0v) is 11.8. The molecule has 112 valence electrons. The Kier molecular flexibility index (Phi) is 5.33. The van der Waals surface area contributed by atoms with E-state index in [1.165, 1.54) is 12.1 Å². The van der Waals surface area contributed by atoms with Crippen molar-refractivity contribution in [2.45, 2.75) is 30.8 Å². The van der Waals surface area contributed by atoms with Gasteiger partial charge in [0.1, 0.15) is 0 Å². The highest BCUT2D eigenvalue weighted by Gasteiger charge is 2.46. The molecule has 0 spiro atoms. The minimum absolute atomic E-state index is 0.199. The maximum atomic E-state index is 12.5. The molecular formula is C13H15F3O3S. The number of rotatable bonds is 5. The van der Waals surface area contributed by atoms with Crippen molar-refractivity contribution in [1.82, 2.24) is 0 Å². The van der Waals surface area contributed by atoms with Gasteiger partial charge >= 0.3 is 12.1 Å². The molecule has 0 aromatic heterocycles. The summed E-state index contributed by atoms with van der Waals surface area (Å²) in [4.78, 5) is 10.8. The molecule has 0 bridgehead atoms. The normalized spacial score (nSPS) is 15.1. The average Bonchev–Trinajstić information content (AvgIpc) is 2.33. The standard InChI is InChI=1S/C13H15F3O3S/c1-8(2)9-3-5-10(6-4-9)20(19)7-11(12(17)18)13(14,15)16/h3-6,8,11H,7H2,1-2H3,(H,17,18). The van der Waals surface area contributed by atoms with Gasteiger partial charge in [-0.1, -0.05) is 26.0 Å². The molecule has 2 atom stereocenters. The number of carbonyl (C=O) groups is 1. The summed E-state index contributed by atoms with van der Waals surface area (Å²) in [5.74, 6) is -5.35. The highest BCUT2D eigenvalue weighted by molar-refractivity contribution is 7.85. The number of alkyl halides is 3. The second kappa shape index (κ2) is 6.39. The van der Waals surface area contributed by atoms with E-state index < -0.39 is 34.6 Å². The molecule has 3 nitrogen and oxygen atoms in total. The van der Waals surface area contributed by atoms with Crippen LogP contribution in [0.25, 0.3) is 0 Å². The van der Waals surface area contributed by atoms with Gasteiger partial charge in [0.2, 0.25) is 0 Å². The second-order valence-electron chi connectivity index (χ2n) is 4.67. The van der Waals surface area contributed by atoms with E-state index in [0.29, 0.717) is 0 Å². The smallest absolute Gasteiger partial charge is 0.403 e. The van der Waals surface area contributed by atoms with E-state index in [1.807, 2.05) is 13.8 Å². The molecule has 0 amide bonds. The van der Waals surface area contributed by atoms with E-state index in [-0.39, 0.29) is 10.8 Å². The summed E-state index contributed by atoms with van der Waals surface area (Å²) in [5, 5.41) is 8.57. The molecule has 1 aromatic carbocycles. The van der Waals surface area contributed by atoms with Gasteiger partial charge in [-0.05, 0) is 23.6 Å². The van der Waals surface area contributed by atoms with Gasteiger partial charge < -0.3 is 5.11 Å². The Morgan fingerprint density at radius 1 is 1.25 bits per heavy atom. The van der Waals surface area contributed by atoms with Crippen molar-refractivity contribution in [3.8, 4) is 0 Å². The van der Waals surface area contributed by atoms with Crippen LogP contribution in [0.4, 0.5) is 13.2 Å². The molecule has 0 fully saturated rings. The summed E-state index contributed by atoms with van der Waals surface area (Å²) in [6.45, 7) is 3.91. The van der Waals surface area contributed by atoms with Crippen molar-refractivity contribution in [3.63, 3.8) is 0 Å². The summed E-state index contributed by atoms with van der Waals surface area (Å²) < 4.78 is 49.3. The number of halogens is 3. The number of aliphatic carboxylic acids is 1. The second-order valence-corrected chi connectivity index (χ2v) is 6.16. The molecule has 7 heteroatoms. The molecule has 0 aliphatic heterocycles. The van der Waals surface area contributed by atoms with Crippen LogP contribution >= 0.6 is 0 Å². The van der Waals surface area contributed by atoms with Crippen molar-refractivity contribution in [3.05, 3.63) is 29.8 Å². The highest BCUT2D eigenvalue weighted by Crippen LogP contribution is 2.28. The van der Waals surface area contributed by atoms with Crippen LogP contribution < -0.4 is 0 Å². The van der Waals surface area contributed by atoms with Crippen molar-refractivity contribution >= 4 is 16.8 Å². The number of benzene rings is 1. The largest absolute Gasteiger partial charge is 0.481 e. The lowest BCUT2D eigenvalue weighted by molar-refractivity contribution is -0.188. The zero-order valence-electron chi connectivity index (χ0n) is 11.0. The molecule has 20 heavy (non-hydrogen) atoms. The quantitative estimate of drug-likeness (QED) is 0.909. The Bertz CT molecular complexity index is 495. The summed E-state index contributed by atoms with van der Waals surface area (Å²) in [6.07, 6.45) is -4.90. The minimum Gasteiger partial charge on any atom is -0.481 e. The highest BCUT2D eigenvalue weighted by atomic mass is 32.2. The van der Waals surface area contributed by atoms with Gasteiger partial charge in [0.25, 0.3) is 0 Å². The first-order chi connectivity index (χ1) is 9.12. The van der Waals surface area contributed by atoms with Gasteiger partial charge in [0, 0.05) is 4.90 Å². The fourth-order valence-corrected chi connectivity index (χ4v) is 2.82. The molecule has 0 radical (unpaired) electrons. The maximum Gasteiger partial charge on any atom is 0.403 e. The summed E-state index contributed by atoms with van der Waals surface area (Å²) in [5.41, 5.74) is 0.969. The van der Waals surface area contributed by atoms with Gasteiger partial charge in [-0.3, -0.25) is 9.00 Å². The topological polar surface area (TPSA) is 54.4 Å². The third-order valence-corrected chi connectivity index (χ3v) is 4.25. The lowest BCUT2D eigenvalue weighted by Crippen LogP contribution is -2.35. The minimum atomic E-state index is -4.90. The molecule has 1 rings (SSSR count). The van der Waals surface area contributed by atoms with Crippen LogP contribution in [0.3, 0.4) is 0 Å². The van der Waals surface area contributed by atoms with Gasteiger partial charge in [-0.15, -0.1) is 0 Å². The lowest BCUT2D eigenvalue weighted by atomic mass is 10.0. The van der Waals surface area contributed by atoms with Crippen molar-refractivity contribution in [2.24, 2.45) is 5.92 Å². The van der Waals surface area contributed by atoms with Crippen LogP contribution in [0, 0.1) is 5.92 Å². The van der Waals surface area contributed by atoms with Crippen LogP contribution in [0.2, 0.25) is 0 Å². The summed E-state index contributed by atoms with van der Waals surface area (Å²) in [6, 6.07) is 6.31. The lowest BCUT2D eigenvalue weighted by Gasteiger charge is -2.15. The number of carboxylic acid groups (broad SMARTS) is 1. The fraction of sp³-hybridized carbons (Fsp3) is 0.462. The van der Waals surface area contributed by atoms with Crippen molar-refractivity contribution in [1.29, 1.82) is 0 Å². The molecule has 0 saturated heterocycles. The SMILES string of the molecule is CC(C)c1ccc(S(=O)CC(C(=O)O)C(F)(F)F)cc1. The van der Waals surface area contributed by atoms with E-state index in [1.54, 1.807) is 12.1 Å². The number of hydrogen-bond acceptors (Lipinski definition) is 2. The van der Waals surface area contributed by atoms with E-state index in [4.69, 9.17) is 5.11 Å². The summed E-state index contributed by atoms with van der Waals surface area (Å²) in [7, 11) is -2.00. The van der Waals surface area contributed by atoms with E-state index in [2.05, 4.69) is 0 Å². The van der Waals surface area contributed by atoms with Gasteiger partial charge in [0.15, 0.2) is 5.92 Å². The predicted octanol–water partition coefficient (Wildman–Crippen LogP) is 3.18. The van der Waals surface area contributed by atoms with E-state index in [9.17, 15) is 22.2 Å². The van der Waals surface area contributed by atoms with E-state index in [0.717, 1.165) is 5.56 Å².